The van der Waals surface area contributed by atoms with Gasteiger partial charge >= 0.3 is 5.97 Å². The summed E-state index contributed by atoms with van der Waals surface area (Å²) < 4.78 is 4.99. The molecule has 3 aromatic carbocycles. The number of hydrogen-bond acceptors (Lipinski definition) is 2. The molecule has 138 valence electrons. The molecule has 0 atom stereocenters. The highest BCUT2D eigenvalue weighted by Crippen LogP contribution is 2.32. The first kappa shape index (κ1) is 19.3. The molecule has 0 aromatic heterocycles. The average molecular weight is 376 g/mol. The molecule has 27 heavy (non-hydrogen) atoms. The van der Waals surface area contributed by atoms with Crippen LogP contribution in [0, 0.1) is 0 Å². The maximum Gasteiger partial charge on any atom is 0.305 e. The van der Waals surface area contributed by atoms with Crippen LogP contribution in [-0.2, 0) is 16.0 Å². The molecule has 0 saturated heterocycles. The van der Waals surface area contributed by atoms with Gasteiger partial charge in [-0.05, 0) is 49.2 Å². The Morgan fingerprint density at radius 2 is 1.30 bits per heavy atom. The van der Waals surface area contributed by atoms with E-state index in [1.54, 1.807) is 0 Å². The van der Waals surface area contributed by atoms with E-state index < -0.39 is 7.92 Å². The predicted molar refractivity (Wildman–Crippen MR) is 115 cm³/mol. The normalized spacial score (nSPS) is 10.7. The highest BCUT2D eigenvalue weighted by molar-refractivity contribution is 7.79. The van der Waals surface area contributed by atoms with Crippen LogP contribution >= 0.6 is 7.92 Å². The number of aryl methyl sites for hydroxylation is 1. The van der Waals surface area contributed by atoms with E-state index >= 15 is 0 Å². The summed E-state index contributed by atoms with van der Waals surface area (Å²) in [7, 11) is -0.561. The van der Waals surface area contributed by atoms with E-state index in [-0.39, 0.29) is 5.97 Å². The summed E-state index contributed by atoms with van der Waals surface area (Å²) in [6, 6.07) is 30.3. The Balaban J connectivity index is 1.75. The van der Waals surface area contributed by atoms with E-state index in [9.17, 15) is 4.79 Å². The third-order valence-corrected chi connectivity index (χ3v) is 6.82. The number of rotatable bonds is 8. The first-order chi connectivity index (χ1) is 13.3. The first-order valence-electron chi connectivity index (χ1n) is 9.42. The standard InChI is InChI=1S/C24H25O2P/c1-2-26-24(25)15-9-10-20-16-18-23(19-17-20)27(21-11-5-3-6-12-21)22-13-7-4-8-14-22/h3-8,11-14,16-19H,2,9-10,15H2,1H3. The fourth-order valence-corrected chi connectivity index (χ4v) is 5.37. The molecule has 3 rings (SSSR count). The second-order valence-electron chi connectivity index (χ2n) is 6.33. The largest absolute Gasteiger partial charge is 0.466 e. The van der Waals surface area contributed by atoms with Crippen LogP contribution in [-0.4, -0.2) is 12.6 Å². The molecule has 0 aliphatic carbocycles. The third kappa shape index (κ3) is 5.52. The van der Waals surface area contributed by atoms with Gasteiger partial charge in [0.1, 0.15) is 0 Å². The SMILES string of the molecule is CCOC(=O)CCCc1ccc(P(c2ccccc2)c2ccccc2)cc1. The average Bonchev–Trinajstić information content (AvgIpc) is 2.71. The Morgan fingerprint density at radius 3 is 1.81 bits per heavy atom. The maximum atomic E-state index is 11.5. The minimum Gasteiger partial charge on any atom is -0.466 e. The molecule has 0 aliphatic heterocycles. The molecule has 0 saturated carbocycles. The van der Waals surface area contributed by atoms with Crippen LogP contribution in [0.2, 0.25) is 0 Å². The van der Waals surface area contributed by atoms with Gasteiger partial charge in [-0.3, -0.25) is 4.79 Å². The van der Waals surface area contributed by atoms with E-state index in [4.69, 9.17) is 4.74 Å². The van der Waals surface area contributed by atoms with Gasteiger partial charge in [-0.1, -0.05) is 84.9 Å². The van der Waals surface area contributed by atoms with Crippen LogP contribution in [0.3, 0.4) is 0 Å². The van der Waals surface area contributed by atoms with Crippen molar-refractivity contribution >= 4 is 29.8 Å². The van der Waals surface area contributed by atoms with Gasteiger partial charge in [0.15, 0.2) is 0 Å². The molecular weight excluding hydrogens is 351 g/mol. The highest BCUT2D eigenvalue weighted by Gasteiger charge is 2.15. The summed E-state index contributed by atoms with van der Waals surface area (Å²) in [4.78, 5) is 11.5. The Hall–Kier alpha value is -2.44. The van der Waals surface area contributed by atoms with E-state index in [0.717, 1.165) is 12.8 Å². The number of esters is 1. The van der Waals surface area contributed by atoms with Crippen LogP contribution in [0.4, 0.5) is 0 Å². The second-order valence-corrected chi connectivity index (χ2v) is 8.55. The summed E-state index contributed by atoms with van der Waals surface area (Å²) in [5, 5.41) is 4.05. The van der Waals surface area contributed by atoms with Crippen LogP contribution in [0.15, 0.2) is 84.9 Å². The van der Waals surface area contributed by atoms with Crippen molar-refractivity contribution in [2.24, 2.45) is 0 Å². The van der Waals surface area contributed by atoms with Gasteiger partial charge in [0, 0.05) is 6.42 Å². The van der Waals surface area contributed by atoms with E-state index in [1.807, 2.05) is 6.92 Å². The molecule has 0 bridgehead atoms. The molecule has 0 amide bonds. The summed E-state index contributed by atoms with van der Waals surface area (Å²) >= 11 is 0. The van der Waals surface area contributed by atoms with Gasteiger partial charge in [-0.2, -0.15) is 0 Å². The van der Waals surface area contributed by atoms with Gasteiger partial charge in [-0.25, -0.2) is 0 Å². The van der Waals surface area contributed by atoms with Gasteiger partial charge in [-0.15, -0.1) is 0 Å². The molecular formula is C24H25O2P. The smallest absolute Gasteiger partial charge is 0.305 e. The molecule has 0 N–H and O–H groups in total. The molecule has 0 radical (unpaired) electrons. The Bertz CT molecular complexity index is 790. The lowest BCUT2D eigenvalue weighted by Crippen LogP contribution is -2.20. The Morgan fingerprint density at radius 1 is 0.778 bits per heavy atom. The summed E-state index contributed by atoms with van der Waals surface area (Å²) in [5.41, 5.74) is 1.26. The summed E-state index contributed by atoms with van der Waals surface area (Å²) in [5.74, 6) is -0.106. The lowest BCUT2D eigenvalue weighted by atomic mass is 10.1. The fourth-order valence-electron chi connectivity index (χ4n) is 3.08. The third-order valence-electron chi connectivity index (χ3n) is 4.38. The second kappa shape index (κ2) is 10.0. The van der Waals surface area contributed by atoms with Crippen molar-refractivity contribution in [1.82, 2.24) is 0 Å². The molecule has 2 nitrogen and oxygen atoms in total. The zero-order valence-corrected chi connectivity index (χ0v) is 16.6. The number of carbonyl (C=O) groups excluding carboxylic acids is 1. The zero-order valence-electron chi connectivity index (χ0n) is 15.7. The van der Waals surface area contributed by atoms with Crippen molar-refractivity contribution in [2.75, 3.05) is 6.61 Å². The van der Waals surface area contributed by atoms with Crippen molar-refractivity contribution in [2.45, 2.75) is 26.2 Å². The van der Waals surface area contributed by atoms with E-state index in [2.05, 4.69) is 84.9 Å². The van der Waals surface area contributed by atoms with Crippen LogP contribution in [0.5, 0.6) is 0 Å². The topological polar surface area (TPSA) is 26.3 Å². The quantitative estimate of drug-likeness (QED) is 0.432. The van der Waals surface area contributed by atoms with Crippen molar-refractivity contribution in [3.63, 3.8) is 0 Å². The van der Waals surface area contributed by atoms with Crippen molar-refractivity contribution < 1.29 is 9.53 Å². The monoisotopic (exact) mass is 376 g/mol. The van der Waals surface area contributed by atoms with E-state index in [1.165, 1.54) is 21.5 Å². The number of ether oxygens (including phenoxy) is 1. The first-order valence-corrected chi connectivity index (χ1v) is 10.8. The lowest BCUT2D eigenvalue weighted by molar-refractivity contribution is -0.143. The fraction of sp³-hybridized carbons (Fsp3) is 0.208. The molecule has 0 unspecified atom stereocenters. The zero-order chi connectivity index (χ0) is 18.9. The minimum absolute atomic E-state index is 0.106. The van der Waals surface area contributed by atoms with Crippen LogP contribution in [0.25, 0.3) is 0 Å². The molecule has 0 heterocycles. The Kier molecular flexibility index (Phi) is 7.19. The number of hydrogen-bond donors (Lipinski definition) is 0. The molecule has 3 heteroatoms. The van der Waals surface area contributed by atoms with Crippen LogP contribution < -0.4 is 15.9 Å². The van der Waals surface area contributed by atoms with Gasteiger partial charge in [0.2, 0.25) is 0 Å². The van der Waals surface area contributed by atoms with Gasteiger partial charge < -0.3 is 4.74 Å². The van der Waals surface area contributed by atoms with Crippen LogP contribution in [0.1, 0.15) is 25.3 Å². The molecule has 3 aromatic rings. The minimum atomic E-state index is -0.561. The summed E-state index contributed by atoms with van der Waals surface area (Å²) in [6.45, 7) is 2.30. The van der Waals surface area contributed by atoms with Crippen molar-refractivity contribution in [1.29, 1.82) is 0 Å². The lowest BCUT2D eigenvalue weighted by Gasteiger charge is -2.19. The van der Waals surface area contributed by atoms with Crippen molar-refractivity contribution in [3.05, 3.63) is 90.5 Å². The molecule has 0 fully saturated rings. The summed E-state index contributed by atoms with van der Waals surface area (Å²) in [6.07, 6.45) is 2.20. The Labute approximate surface area is 163 Å². The van der Waals surface area contributed by atoms with Gasteiger partial charge in [0.25, 0.3) is 0 Å². The van der Waals surface area contributed by atoms with Gasteiger partial charge in [0.05, 0.1) is 6.61 Å². The maximum absolute atomic E-state index is 11.5. The molecule has 0 aliphatic rings. The molecule has 0 spiro atoms. The number of carbonyl (C=O) groups is 1. The highest BCUT2D eigenvalue weighted by atomic mass is 31.1. The van der Waals surface area contributed by atoms with E-state index in [0.29, 0.717) is 13.0 Å². The predicted octanol–water partition coefficient (Wildman–Crippen LogP) is 4.33. The number of benzene rings is 3. The van der Waals surface area contributed by atoms with Crippen molar-refractivity contribution in [3.8, 4) is 0 Å².